The molecule has 4 nitrogen and oxygen atoms in total. The lowest BCUT2D eigenvalue weighted by atomic mass is 10.1. The van der Waals surface area contributed by atoms with Crippen LogP contribution in [-0.2, 0) is 16.0 Å². The maximum absolute atomic E-state index is 13.0. The molecule has 2 aromatic carbocycles. The van der Waals surface area contributed by atoms with Crippen LogP contribution in [0.2, 0.25) is 0 Å². The first-order chi connectivity index (χ1) is 11.6. The van der Waals surface area contributed by atoms with Gasteiger partial charge in [0, 0.05) is 32.1 Å². The molecule has 2 amide bonds. The first-order valence-corrected chi connectivity index (χ1v) is 7.90. The van der Waals surface area contributed by atoms with Gasteiger partial charge in [0.2, 0.25) is 11.8 Å². The number of carbonyl (C=O) groups is 2. The predicted octanol–water partition coefficient (Wildman–Crippen LogP) is 2.93. The molecule has 0 bridgehead atoms. The zero-order valence-corrected chi connectivity index (χ0v) is 13.7. The molecule has 2 aromatic rings. The van der Waals surface area contributed by atoms with Gasteiger partial charge in [0.25, 0.3) is 0 Å². The molecule has 0 unspecified atom stereocenters. The number of halogens is 1. The molecule has 5 heteroatoms. The fourth-order valence-corrected chi connectivity index (χ4v) is 2.38. The largest absolute Gasteiger partial charge is 0.356 e. The van der Waals surface area contributed by atoms with Crippen LogP contribution in [0.25, 0.3) is 0 Å². The van der Waals surface area contributed by atoms with Crippen LogP contribution in [0.5, 0.6) is 0 Å². The summed E-state index contributed by atoms with van der Waals surface area (Å²) in [6.45, 7) is 2.24. The van der Waals surface area contributed by atoms with Gasteiger partial charge >= 0.3 is 0 Å². The highest BCUT2D eigenvalue weighted by Crippen LogP contribution is 2.15. The second-order valence-corrected chi connectivity index (χ2v) is 5.48. The van der Waals surface area contributed by atoms with Crippen LogP contribution < -0.4 is 10.2 Å². The zero-order chi connectivity index (χ0) is 17.4. The minimum absolute atomic E-state index is 0.112. The maximum Gasteiger partial charge on any atom is 0.223 e. The molecule has 0 spiro atoms. The number of hydrogen-bond donors (Lipinski definition) is 1. The van der Waals surface area contributed by atoms with E-state index in [1.54, 1.807) is 0 Å². The summed E-state index contributed by atoms with van der Waals surface area (Å²) >= 11 is 0. The lowest BCUT2D eigenvalue weighted by Crippen LogP contribution is -2.34. The molecule has 0 fully saturated rings. The van der Waals surface area contributed by atoms with Crippen molar-refractivity contribution < 1.29 is 14.0 Å². The van der Waals surface area contributed by atoms with E-state index < -0.39 is 0 Å². The standard InChI is InChI=1S/C19H21FN2O2/c1-15(23)22(18-9-7-17(20)8-10-18)14-12-19(24)21-13-11-16-5-3-2-4-6-16/h2-10H,11-14H2,1H3,(H,21,24). The summed E-state index contributed by atoms with van der Waals surface area (Å²) in [5.41, 5.74) is 1.75. The summed E-state index contributed by atoms with van der Waals surface area (Å²) in [5, 5.41) is 2.85. The third-order valence-corrected chi connectivity index (χ3v) is 3.66. The Bertz CT molecular complexity index is 672. The number of amides is 2. The van der Waals surface area contributed by atoms with Gasteiger partial charge in [-0.25, -0.2) is 4.39 Å². The highest BCUT2D eigenvalue weighted by molar-refractivity contribution is 5.92. The Morgan fingerprint density at radius 3 is 2.33 bits per heavy atom. The monoisotopic (exact) mass is 328 g/mol. The molecule has 0 saturated carbocycles. The molecule has 0 radical (unpaired) electrons. The van der Waals surface area contributed by atoms with Crippen LogP contribution in [0.15, 0.2) is 54.6 Å². The van der Waals surface area contributed by atoms with Crippen LogP contribution in [0.1, 0.15) is 18.9 Å². The molecule has 0 aromatic heterocycles. The lowest BCUT2D eigenvalue weighted by Gasteiger charge is -2.21. The maximum atomic E-state index is 13.0. The van der Waals surface area contributed by atoms with Crippen molar-refractivity contribution in [2.45, 2.75) is 19.8 Å². The van der Waals surface area contributed by atoms with Crippen molar-refractivity contribution >= 4 is 17.5 Å². The molecule has 0 aliphatic rings. The number of nitrogens with zero attached hydrogens (tertiary/aromatic N) is 1. The smallest absolute Gasteiger partial charge is 0.223 e. The van der Waals surface area contributed by atoms with Crippen LogP contribution in [0.4, 0.5) is 10.1 Å². The highest BCUT2D eigenvalue weighted by Gasteiger charge is 2.13. The quantitative estimate of drug-likeness (QED) is 0.849. The summed E-state index contributed by atoms with van der Waals surface area (Å²) in [7, 11) is 0. The Morgan fingerprint density at radius 1 is 1.04 bits per heavy atom. The first kappa shape index (κ1) is 17.7. The summed E-state index contributed by atoms with van der Waals surface area (Å²) in [6.07, 6.45) is 0.965. The fourth-order valence-electron chi connectivity index (χ4n) is 2.38. The third kappa shape index (κ3) is 5.50. The molecule has 0 saturated heterocycles. The topological polar surface area (TPSA) is 49.4 Å². The van der Waals surface area contributed by atoms with Gasteiger partial charge in [-0.15, -0.1) is 0 Å². The fraction of sp³-hybridized carbons (Fsp3) is 0.263. The summed E-state index contributed by atoms with van der Waals surface area (Å²) < 4.78 is 13.0. The van der Waals surface area contributed by atoms with Crippen molar-refractivity contribution in [3.63, 3.8) is 0 Å². The molecule has 0 aliphatic heterocycles. The van der Waals surface area contributed by atoms with Gasteiger partial charge in [-0.3, -0.25) is 9.59 Å². The molecular formula is C19H21FN2O2. The minimum atomic E-state index is -0.360. The molecule has 24 heavy (non-hydrogen) atoms. The van der Waals surface area contributed by atoms with Crippen molar-refractivity contribution in [2.24, 2.45) is 0 Å². The lowest BCUT2D eigenvalue weighted by molar-refractivity contribution is -0.121. The number of anilines is 1. The van der Waals surface area contributed by atoms with E-state index in [1.807, 2.05) is 30.3 Å². The second kappa shape index (κ2) is 8.82. The summed E-state index contributed by atoms with van der Waals surface area (Å²) in [6, 6.07) is 15.6. The van der Waals surface area contributed by atoms with Gasteiger partial charge < -0.3 is 10.2 Å². The molecule has 0 heterocycles. The van der Waals surface area contributed by atoms with Crippen LogP contribution >= 0.6 is 0 Å². The Hall–Kier alpha value is -2.69. The van der Waals surface area contributed by atoms with E-state index in [0.717, 1.165) is 12.0 Å². The Balaban J connectivity index is 1.80. The number of carbonyl (C=O) groups excluding carboxylic acids is 2. The van der Waals surface area contributed by atoms with E-state index in [2.05, 4.69) is 5.32 Å². The Morgan fingerprint density at radius 2 is 1.71 bits per heavy atom. The number of hydrogen-bond acceptors (Lipinski definition) is 2. The first-order valence-electron chi connectivity index (χ1n) is 7.90. The van der Waals surface area contributed by atoms with E-state index in [-0.39, 0.29) is 30.6 Å². The molecular weight excluding hydrogens is 307 g/mol. The van der Waals surface area contributed by atoms with E-state index in [0.29, 0.717) is 12.2 Å². The van der Waals surface area contributed by atoms with Crippen molar-refractivity contribution in [1.29, 1.82) is 0 Å². The normalized spacial score (nSPS) is 10.2. The molecule has 2 rings (SSSR count). The molecule has 126 valence electrons. The van der Waals surface area contributed by atoms with Crippen molar-refractivity contribution in [3.8, 4) is 0 Å². The van der Waals surface area contributed by atoms with Gasteiger partial charge in [0.05, 0.1) is 0 Å². The van der Waals surface area contributed by atoms with E-state index in [9.17, 15) is 14.0 Å². The van der Waals surface area contributed by atoms with Gasteiger partial charge in [0.15, 0.2) is 0 Å². The molecule has 0 aliphatic carbocycles. The third-order valence-electron chi connectivity index (χ3n) is 3.66. The van der Waals surface area contributed by atoms with E-state index in [4.69, 9.17) is 0 Å². The predicted molar refractivity (Wildman–Crippen MR) is 92.2 cm³/mol. The number of benzene rings is 2. The molecule has 0 atom stereocenters. The number of rotatable bonds is 7. The summed E-state index contributed by atoms with van der Waals surface area (Å²) in [5.74, 6) is -0.654. The Kier molecular flexibility index (Phi) is 6.49. The second-order valence-electron chi connectivity index (χ2n) is 5.48. The van der Waals surface area contributed by atoms with Gasteiger partial charge in [-0.2, -0.15) is 0 Å². The van der Waals surface area contributed by atoms with E-state index in [1.165, 1.54) is 36.1 Å². The van der Waals surface area contributed by atoms with Crippen molar-refractivity contribution in [3.05, 3.63) is 66.0 Å². The zero-order valence-electron chi connectivity index (χ0n) is 13.7. The highest BCUT2D eigenvalue weighted by atomic mass is 19.1. The number of nitrogens with one attached hydrogen (secondary N) is 1. The average molecular weight is 328 g/mol. The van der Waals surface area contributed by atoms with E-state index >= 15 is 0 Å². The average Bonchev–Trinajstić information content (AvgIpc) is 2.57. The SMILES string of the molecule is CC(=O)N(CCC(=O)NCCc1ccccc1)c1ccc(F)cc1. The van der Waals surface area contributed by atoms with Crippen molar-refractivity contribution in [1.82, 2.24) is 5.32 Å². The van der Waals surface area contributed by atoms with Gasteiger partial charge in [0.1, 0.15) is 5.82 Å². The van der Waals surface area contributed by atoms with Gasteiger partial charge in [-0.05, 0) is 36.2 Å². The summed E-state index contributed by atoms with van der Waals surface area (Å²) in [4.78, 5) is 25.1. The minimum Gasteiger partial charge on any atom is -0.356 e. The van der Waals surface area contributed by atoms with Gasteiger partial charge in [-0.1, -0.05) is 30.3 Å². The Labute approximate surface area is 141 Å². The van der Waals surface area contributed by atoms with Crippen LogP contribution in [0.3, 0.4) is 0 Å². The van der Waals surface area contributed by atoms with Crippen molar-refractivity contribution in [2.75, 3.05) is 18.0 Å². The van der Waals surface area contributed by atoms with Crippen LogP contribution in [0, 0.1) is 5.82 Å². The van der Waals surface area contributed by atoms with Crippen LogP contribution in [-0.4, -0.2) is 24.9 Å². The molecule has 1 N–H and O–H groups in total.